The van der Waals surface area contributed by atoms with Crippen molar-refractivity contribution in [3.8, 4) is 0 Å². The Morgan fingerprint density at radius 2 is 1.50 bits per heavy atom. The number of carbonyl (C=O) groups excluding carboxylic acids is 1. The Labute approximate surface area is 160 Å². The highest BCUT2D eigenvalue weighted by atomic mass is 32.2. The Balaban J connectivity index is 2.02. The van der Waals surface area contributed by atoms with Crippen molar-refractivity contribution in [2.24, 2.45) is 0 Å². The maximum absolute atomic E-state index is 13.0. The molecule has 0 N–H and O–H groups in total. The van der Waals surface area contributed by atoms with Gasteiger partial charge < -0.3 is 4.90 Å². The molecule has 1 amide bonds. The van der Waals surface area contributed by atoms with Crippen molar-refractivity contribution in [2.75, 3.05) is 20.6 Å². The maximum Gasteiger partial charge on any atom is 0.416 e. The van der Waals surface area contributed by atoms with Crippen molar-refractivity contribution in [1.82, 2.24) is 9.21 Å². The summed E-state index contributed by atoms with van der Waals surface area (Å²) in [6, 6.07) is 8.53. The highest BCUT2D eigenvalue weighted by molar-refractivity contribution is 7.89. The van der Waals surface area contributed by atoms with Gasteiger partial charge in [-0.1, -0.05) is 12.1 Å². The molecule has 0 radical (unpaired) electrons. The Morgan fingerprint density at radius 1 is 0.964 bits per heavy atom. The number of nitrogens with zero attached hydrogens (tertiary/aromatic N) is 2. The standard InChI is InChI=1S/C18H18F4N2O3S/c1-23(11-13-3-5-14(6-4-13)18(20,21)22)17(25)12-24(2)28(26,27)16-9-7-15(19)8-10-16/h3-10H,11-12H2,1-2H3. The maximum atomic E-state index is 13.0. The van der Waals surface area contributed by atoms with Gasteiger partial charge in [-0.2, -0.15) is 17.5 Å². The van der Waals surface area contributed by atoms with E-state index in [4.69, 9.17) is 0 Å². The summed E-state index contributed by atoms with van der Waals surface area (Å²) in [5.41, 5.74) is -0.330. The summed E-state index contributed by atoms with van der Waals surface area (Å²) < 4.78 is 76.4. The molecular formula is C18H18F4N2O3S. The quantitative estimate of drug-likeness (QED) is 0.678. The van der Waals surface area contributed by atoms with E-state index in [0.29, 0.717) is 5.56 Å². The van der Waals surface area contributed by atoms with E-state index in [0.717, 1.165) is 40.7 Å². The van der Waals surface area contributed by atoms with E-state index >= 15 is 0 Å². The van der Waals surface area contributed by atoms with Crippen LogP contribution < -0.4 is 0 Å². The van der Waals surface area contributed by atoms with Gasteiger partial charge in [-0.25, -0.2) is 12.8 Å². The first-order valence-corrected chi connectivity index (χ1v) is 9.47. The second kappa shape index (κ2) is 8.27. The molecule has 0 atom stereocenters. The number of halogens is 4. The molecule has 0 aliphatic carbocycles. The van der Waals surface area contributed by atoms with E-state index in [1.165, 1.54) is 31.1 Å². The summed E-state index contributed by atoms with van der Waals surface area (Å²) in [4.78, 5) is 13.3. The number of amides is 1. The average Bonchev–Trinajstić information content (AvgIpc) is 2.61. The molecule has 2 aromatic rings. The van der Waals surface area contributed by atoms with E-state index in [-0.39, 0.29) is 11.4 Å². The van der Waals surface area contributed by atoms with Crippen molar-refractivity contribution < 1.29 is 30.8 Å². The number of benzene rings is 2. The highest BCUT2D eigenvalue weighted by Gasteiger charge is 2.30. The zero-order valence-electron chi connectivity index (χ0n) is 15.1. The first kappa shape index (κ1) is 21.8. The minimum absolute atomic E-state index is 0.0153. The molecule has 0 aliphatic rings. The molecule has 152 valence electrons. The van der Waals surface area contributed by atoms with E-state index < -0.39 is 40.0 Å². The molecule has 28 heavy (non-hydrogen) atoms. The van der Waals surface area contributed by atoms with Crippen molar-refractivity contribution in [2.45, 2.75) is 17.6 Å². The zero-order chi connectivity index (χ0) is 21.1. The van der Waals surface area contributed by atoms with Gasteiger partial charge in [-0.15, -0.1) is 0 Å². The lowest BCUT2D eigenvalue weighted by Gasteiger charge is -2.22. The minimum atomic E-state index is -4.45. The SMILES string of the molecule is CN(Cc1ccc(C(F)(F)F)cc1)C(=O)CN(C)S(=O)(=O)c1ccc(F)cc1. The molecular weight excluding hydrogens is 400 g/mol. The molecule has 0 saturated carbocycles. The Kier molecular flexibility index (Phi) is 6.45. The Hall–Kier alpha value is -2.46. The monoisotopic (exact) mass is 418 g/mol. The summed E-state index contributed by atoms with van der Waals surface area (Å²) in [6.07, 6.45) is -4.45. The van der Waals surface area contributed by atoms with E-state index in [1.807, 2.05) is 0 Å². The molecule has 0 bridgehead atoms. The molecule has 0 unspecified atom stereocenters. The number of likely N-dealkylation sites (N-methyl/N-ethyl adjacent to an activating group) is 2. The molecule has 0 saturated heterocycles. The lowest BCUT2D eigenvalue weighted by atomic mass is 10.1. The molecule has 0 spiro atoms. The third-order valence-electron chi connectivity index (χ3n) is 4.01. The number of hydrogen-bond acceptors (Lipinski definition) is 3. The molecule has 2 rings (SSSR count). The summed E-state index contributed by atoms with van der Waals surface area (Å²) in [6.45, 7) is -0.460. The van der Waals surface area contributed by atoms with Crippen molar-refractivity contribution in [3.63, 3.8) is 0 Å². The van der Waals surface area contributed by atoms with Gasteiger partial charge in [0.1, 0.15) is 5.82 Å². The smallest absolute Gasteiger partial charge is 0.340 e. The van der Waals surface area contributed by atoms with Crippen LogP contribution in [0.25, 0.3) is 0 Å². The van der Waals surface area contributed by atoms with Crippen molar-refractivity contribution in [1.29, 1.82) is 0 Å². The normalized spacial score (nSPS) is 12.2. The van der Waals surface area contributed by atoms with E-state index in [9.17, 15) is 30.8 Å². The predicted molar refractivity (Wildman–Crippen MR) is 94.1 cm³/mol. The molecule has 0 aliphatic heterocycles. The summed E-state index contributed by atoms with van der Waals surface area (Å²) in [7, 11) is -1.36. The first-order valence-electron chi connectivity index (χ1n) is 8.03. The lowest BCUT2D eigenvalue weighted by Crippen LogP contribution is -2.39. The highest BCUT2D eigenvalue weighted by Crippen LogP contribution is 2.29. The van der Waals surface area contributed by atoms with Gasteiger partial charge in [-0.05, 0) is 42.0 Å². The second-order valence-electron chi connectivity index (χ2n) is 6.16. The molecule has 10 heteroatoms. The second-order valence-corrected chi connectivity index (χ2v) is 8.20. The molecule has 0 aromatic heterocycles. The van der Waals surface area contributed by atoms with Gasteiger partial charge in [0.05, 0.1) is 17.0 Å². The van der Waals surface area contributed by atoms with Crippen LogP contribution in [0.1, 0.15) is 11.1 Å². The van der Waals surface area contributed by atoms with Crippen LogP contribution in [0.4, 0.5) is 17.6 Å². The van der Waals surface area contributed by atoms with Crippen LogP contribution in [0.15, 0.2) is 53.4 Å². The first-order chi connectivity index (χ1) is 12.9. The topological polar surface area (TPSA) is 57.7 Å². The minimum Gasteiger partial charge on any atom is -0.340 e. The molecule has 5 nitrogen and oxygen atoms in total. The number of hydrogen-bond donors (Lipinski definition) is 0. The fourth-order valence-electron chi connectivity index (χ4n) is 2.34. The Morgan fingerprint density at radius 3 is 2.00 bits per heavy atom. The molecule has 0 fully saturated rings. The number of sulfonamides is 1. The number of carbonyl (C=O) groups is 1. The summed E-state index contributed by atoms with van der Waals surface area (Å²) in [5.74, 6) is -1.14. The van der Waals surface area contributed by atoms with Crippen LogP contribution >= 0.6 is 0 Å². The van der Waals surface area contributed by atoms with Gasteiger partial charge in [0.15, 0.2) is 0 Å². The van der Waals surface area contributed by atoms with Gasteiger partial charge >= 0.3 is 6.18 Å². The summed E-state index contributed by atoms with van der Waals surface area (Å²) >= 11 is 0. The van der Waals surface area contributed by atoms with E-state index in [2.05, 4.69) is 0 Å². The predicted octanol–water partition coefficient (Wildman–Crippen LogP) is 3.12. The van der Waals surface area contributed by atoms with Crippen molar-refractivity contribution in [3.05, 3.63) is 65.5 Å². The largest absolute Gasteiger partial charge is 0.416 e. The van der Waals surface area contributed by atoms with Crippen LogP contribution in [-0.2, 0) is 27.5 Å². The summed E-state index contributed by atoms with van der Waals surface area (Å²) in [5, 5.41) is 0. The zero-order valence-corrected chi connectivity index (χ0v) is 15.9. The van der Waals surface area contributed by atoms with Gasteiger partial charge in [0.2, 0.25) is 15.9 Å². The molecule has 0 heterocycles. The van der Waals surface area contributed by atoms with Crippen LogP contribution in [-0.4, -0.2) is 44.2 Å². The third kappa shape index (κ3) is 5.29. The van der Waals surface area contributed by atoms with Crippen molar-refractivity contribution >= 4 is 15.9 Å². The lowest BCUT2D eigenvalue weighted by molar-refractivity contribution is -0.137. The third-order valence-corrected chi connectivity index (χ3v) is 5.82. The number of alkyl halides is 3. The van der Waals surface area contributed by atoms with E-state index in [1.54, 1.807) is 0 Å². The van der Waals surface area contributed by atoms with Crippen LogP contribution in [0.5, 0.6) is 0 Å². The number of rotatable bonds is 6. The fraction of sp³-hybridized carbons (Fsp3) is 0.278. The fourth-order valence-corrected chi connectivity index (χ4v) is 3.46. The van der Waals surface area contributed by atoms with Crippen LogP contribution in [0.2, 0.25) is 0 Å². The van der Waals surface area contributed by atoms with Gasteiger partial charge in [-0.3, -0.25) is 4.79 Å². The van der Waals surface area contributed by atoms with Crippen LogP contribution in [0, 0.1) is 5.82 Å². The van der Waals surface area contributed by atoms with Gasteiger partial charge in [0.25, 0.3) is 0 Å². The molecule has 2 aromatic carbocycles. The average molecular weight is 418 g/mol. The Bertz CT molecular complexity index is 927. The van der Waals surface area contributed by atoms with Crippen LogP contribution in [0.3, 0.4) is 0 Å². The van der Waals surface area contributed by atoms with Gasteiger partial charge in [0, 0.05) is 20.6 Å².